The Hall–Kier alpha value is -2.60. The van der Waals surface area contributed by atoms with Gasteiger partial charge in [0.15, 0.2) is 5.16 Å². The maximum absolute atomic E-state index is 13.0. The fourth-order valence-corrected chi connectivity index (χ4v) is 3.76. The largest absolute Gasteiger partial charge is 0.418 e. The minimum atomic E-state index is -4.56. The van der Waals surface area contributed by atoms with Crippen LogP contribution in [-0.2, 0) is 16.7 Å². The Bertz CT molecular complexity index is 1020. The van der Waals surface area contributed by atoms with Gasteiger partial charge in [0.1, 0.15) is 0 Å². The number of para-hydroxylation sites is 1. The van der Waals surface area contributed by atoms with Crippen molar-refractivity contribution in [1.82, 2.24) is 20.2 Å². The lowest BCUT2D eigenvalue weighted by molar-refractivity contribution is -0.137. The van der Waals surface area contributed by atoms with Crippen LogP contribution in [0.25, 0.3) is 0 Å². The number of halogens is 3. The molecular weight excluding hydrogens is 439 g/mol. The first-order chi connectivity index (χ1) is 14.2. The molecule has 0 spiro atoms. The van der Waals surface area contributed by atoms with E-state index < -0.39 is 17.6 Å². The third-order valence-electron chi connectivity index (χ3n) is 3.57. The van der Waals surface area contributed by atoms with Crippen LogP contribution in [0.2, 0.25) is 0 Å². The molecule has 0 radical (unpaired) electrons. The van der Waals surface area contributed by atoms with Crippen molar-refractivity contribution < 1.29 is 22.4 Å². The van der Waals surface area contributed by atoms with Gasteiger partial charge in [-0.05, 0) is 32.0 Å². The highest BCUT2D eigenvalue weighted by atomic mass is 32.2. The summed E-state index contributed by atoms with van der Waals surface area (Å²) in [5.41, 5.74) is 0.496. The van der Waals surface area contributed by atoms with E-state index in [-0.39, 0.29) is 16.7 Å². The van der Waals surface area contributed by atoms with Crippen molar-refractivity contribution in [2.75, 3.05) is 11.1 Å². The molecule has 0 saturated heterocycles. The monoisotopic (exact) mass is 455 g/mol. The maximum atomic E-state index is 13.0. The Kier molecular flexibility index (Phi) is 6.98. The predicted molar refractivity (Wildman–Crippen MR) is 106 cm³/mol. The molecule has 0 saturated carbocycles. The third kappa shape index (κ3) is 6.20. The molecule has 12 heteroatoms. The molecule has 158 valence electrons. The average molecular weight is 455 g/mol. The van der Waals surface area contributed by atoms with Gasteiger partial charge < -0.3 is 9.73 Å². The fraction of sp³-hybridized carbons (Fsp3) is 0.278. The SMILES string of the molecule is Cc1cc(C)nc(SCc2nnc(SCC(=O)Nc3ccccc3C(F)(F)F)o2)n1. The second kappa shape index (κ2) is 9.47. The first kappa shape index (κ1) is 22.1. The summed E-state index contributed by atoms with van der Waals surface area (Å²) in [5, 5.41) is 10.7. The number of hydrogen-bond acceptors (Lipinski definition) is 8. The molecule has 2 heterocycles. The highest BCUT2D eigenvalue weighted by Crippen LogP contribution is 2.34. The first-order valence-corrected chi connectivity index (χ1v) is 10.5. The summed E-state index contributed by atoms with van der Waals surface area (Å²) < 4.78 is 44.4. The third-order valence-corrected chi connectivity index (χ3v) is 5.22. The Balaban J connectivity index is 1.52. The molecule has 0 aliphatic carbocycles. The smallest absolute Gasteiger partial charge is 0.415 e. The second-order valence-corrected chi connectivity index (χ2v) is 7.93. The van der Waals surface area contributed by atoms with E-state index >= 15 is 0 Å². The molecule has 1 N–H and O–H groups in total. The number of anilines is 1. The quantitative estimate of drug-likeness (QED) is 0.411. The number of hydrogen-bond donors (Lipinski definition) is 1. The number of carbonyl (C=O) groups is 1. The Labute approximate surface area is 178 Å². The van der Waals surface area contributed by atoms with Crippen LogP contribution in [0.1, 0.15) is 22.8 Å². The van der Waals surface area contributed by atoms with Crippen molar-refractivity contribution in [1.29, 1.82) is 0 Å². The number of thioether (sulfide) groups is 2. The first-order valence-electron chi connectivity index (χ1n) is 8.57. The molecule has 0 fully saturated rings. The lowest BCUT2D eigenvalue weighted by Gasteiger charge is -2.13. The zero-order chi connectivity index (χ0) is 21.7. The van der Waals surface area contributed by atoms with E-state index in [4.69, 9.17) is 4.42 Å². The lowest BCUT2D eigenvalue weighted by atomic mass is 10.1. The Morgan fingerprint density at radius 2 is 1.80 bits per heavy atom. The summed E-state index contributed by atoms with van der Waals surface area (Å²) in [7, 11) is 0. The van der Waals surface area contributed by atoms with Crippen molar-refractivity contribution in [2.24, 2.45) is 0 Å². The fourth-order valence-electron chi connectivity index (χ4n) is 2.39. The van der Waals surface area contributed by atoms with Crippen LogP contribution < -0.4 is 5.32 Å². The van der Waals surface area contributed by atoms with Gasteiger partial charge in [0.05, 0.1) is 22.8 Å². The van der Waals surface area contributed by atoms with Gasteiger partial charge in [-0.15, -0.1) is 10.2 Å². The summed E-state index contributed by atoms with van der Waals surface area (Å²) in [6, 6.07) is 6.64. The van der Waals surface area contributed by atoms with E-state index in [1.807, 2.05) is 19.9 Å². The van der Waals surface area contributed by atoms with E-state index in [0.717, 1.165) is 29.2 Å². The van der Waals surface area contributed by atoms with Gasteiger partial charge in [-0.25, -0.2) is 9.97 Å². The van der Waals surface area contributed by atoms with Crippen LogP contribution in [0.3, 0.4) is 0 Å². The van der Waals surface area contributed by atoms with E-state index in [2.05, 4.69) is 25.5 Å². The zero-order valence-electron chi connectivity index (χ0n) is 15.9. The number of carbonyl (C=O) groups excluding carboxylic acids is 1. The molecule has 1 aromatic carbocycles. The molecule has 3 aromatic rings. The summed E-state index contributed by atoms with van der Waals surface area (Å²) in [6.07, 6.45) is -4.56. The molecular formula is C18H16F3N5O2S2. The van der Waals surface area contributed by atoms with Gasteiger partial charge in [-0.3, -0.25) is 4.79 Å². The summed E-state index contributed by atoms with van der Waals surface area (Å²) in [6.45, 7) is 3.75. The second-order valence-electron chi connectivity index (χ2n) is 6.06. The number of aryl methyl sites for hydroxylation is 2. The number of alkyl halides is 3. The summed E-state index contributed by atoms with van der Waals surface area (Å²) in [5.74, 6) is -0.120. The van der Waals surface area contributed by atoms with Crippen molar-refractivity contribution in [3.05, 3.63) is 53.2 Å². The number of aromatic nitrogens is 4. The molecule has 2 aromatic heterocycles. The van der Waals surface area contributed by atoms with Gasteiger partial charge in [0.25, 0.3) is 5.22 Å². The minimum Gasteiger partial charge on any atom is -0.415 e. The minimum absolute atomic E-state index is 0.145. The lowest BCUT2D eigenvalue weighted by Crippen LogP contribution is -2.18. The maximum Gasteiger partial charge on any atom is 0.418 e. The Morgan fingerprint density at radius 1 is 1.10 bits per heavy atom. The van der Waals surface area contributed by atoms with Crippen LogP contribution >= 0.6 is 23.5 Å². The van der Waals surface area contributed by atoms with Crippen LogP contribution in [-0.4, -0.2) is 31.8 Å². The molecule has 0 aliphatic heterocycles. The Morgan fingerprint density at radius 3 is 2.50 bits per heavy atom. The van der Waals surface area contributed by atoms with E-state index in [1.165, 1.54) is 30.0 Å². The molecule has 0 aliphatic rings. The average Bonchev–Trinajstić information content (AvgIpc) is 3.11. The van der Waals surface area contributed by atoms with Crippen LogP contribution in [0.5, 0.6) is 0 Å². The van der Waals surface area contributed by atoms with Gasteiger partial charge in [0.2, 0.25) is 11.8 Å². The summed E-state index contributed by atoms with van der Waals surface area (Å²) in [4.78, 5) is 20.6. The number of amides is 1. The highest BCUT2D eigenvalue weighted by molar-refractivity contribution is 7.99. The molecule has 0 atom stereocenters. The van der Waals surface area contributed by atoms with Crippen molar-refractivity contribution in [3.63, 3.8) is 0 Å². The number of rotatable bonds is 7. The molecule has 0 bridgehead atoms. The van der Waals surface area contributed by atoms with Gasteiger partial charge >= 0.3 is 6.18 Å². The van der Waals surface area contributed by atoms with Gasteiger partial charge in [0, 0.05) is 11.4 Å². The molecule has 3 rings (SSSR count). The van der Waals surface area contributed by atoms with Gasteiger partial charge in [-0.1, -0.05) is 35.7 Å². The zero-order valence-corrected chi connectivity index (χ0v) is 17.5. The molecule has 0 unspecified atom stereocenters. The normalized spacial score (nSPS) is 11.5. The molecule has 30 heavy (non-hydrogen) atoms. The summed E-state index contributed by atoms with van der Waals surface area (Å²) >= 11 is 2.27. The predicted octanol–water partition coefficient (Wildman–Crippen LogP) is 4.52. The molecule has 7 nitrogen and oxygen atoms in total. The van der Waals surface area contributed by atoms with E-state index in [1.54, 1.807) is 0 Å². The van der Waals surface area contributed by atoms with Crippen molar-refractivity contribution in [2.45, 2.75) is 36.2 Å². The van der Waals surface area contributed by atoms with Gasteiger partial charge in [-0.2, -0.15) is 13.2 Å². The van der Waals surface area contributed by atoms with Crippen molar-refractivity contribution >= 4 is 35.1 Å². The van der Waals surface area contributed by atoms with E-state index in [0.29, 0.717) is 16.8 Å². The number of nitrogens with zero attached hydrogens (tertiary/aromatic N) is 4. The van der Waals surface area contributed by atoms with Crippen LogP contribution in [0.15, 0.2) is 45.1 Å². The standard InChI is InChI=1S/C18H16F3N5O2S2/c1-10-7-11(2)23-16(22-10)29-9-15-25-26-17(28-15)30-8-14(27)24-13-6-4-3-5-12(13)18(19,20)21/h3-7H,8-9H2,1-2H3,(H,24,27). The topological polar surface area (TPSA) is 93.8 Å². The number of nitrogens with one attached hydrogen (secondary N) is 1. The van der Waals surface area contributed by atoms with Crippen molar-refractivity contribution in [3.8, 4) is 0 Å². The highest BCUT2D eigenvalue weighted by Gasteiger charge is 2.33. The van der Waals surface area contributed by atoms with Crippen LogP contribution in [0, 0.1) is 13.8 Å². The molecule has 1 amide bonds. The van der Waals surface area contributed by atoms with Crippen LogP contribution in [0.4, 0.5) is 18.9 Å². The number of benzene rings is 1. The van der Waals surface area contributed by atoms with E-state index in [9.17, 15) is 18.0 Å².